The van der Waals surface area contributed by atoms with Gasteiger partial charge in [0.05, 0.1) is 4.47 Å². The molecule has 1 aromatic heterocycles. The Bertz CT molecular complexity index is 560. The summed E-state index contributed by atoms with van der Waals surface area (Å²) in [4.78, 5) is 21.3. The van der Waals surface area contributed by atoms with E-state index >= 15 is 0 Å². The summed E-state index contributed by atoms with van der Waals surface area (Å²) >= 11 is 2.76. The molecule has 0 aliphatic rings. The maximum absolute atomic E-state index is 12.9. The molecule has 4 nitrogen and oxygen atoms in total. The van der Waals surface area contributed by atoms with Gasteiger partial charge in [0.2, 0.25) is 5.82 Å². The number of hydrogen-bond donors (Lipinski definition) is 0. The monoisotopic (exact) mass is 381 g/mol. The molecule has 0 fully saturated rings. The quantitative estimate of drug-likeness (QED) is 0.728. The Kier molecular flexibility index (Phi) is 4.97. The molecule has 0 aliphatic carbocycles. The van der Waals surface area contributed by atoms with Crippen molar-refractivity contribution in [2.45, 2.75) is 58.8 Å². The van der Waals surface area contributed by atoms with Crippen LogP contribution in [-0.2, 0) is 6.18 Å². The summed E-state index contributed by atoms with van der Waals surface area (Å²) in [5.74, 6) is -1.11. The number of nitrogens with zero attached hydrogens (tertiary/aromatic N) is 3. The summed E-state index contributed by atoms with van der Waals surface area (Å²) in [5.41, 5.74) is -2.34. The summed E-state index contributed by atoms with van der Waals surface area (Å²) in [7, 11) is 0. The number of aromatic nitrogens is 2. The van der Waals surface area contributed by atoms with E-state index in [9.17, 15) is 18.0 Å². The highest BCUT2D eigenvalue weighted by Gasteiger charge is 2.40. The van der Waals surface area contributed by atoms with E-state index in [1.54, 1.807) is 41.5 Å². The average molecular weight is 382 g/mol. The fourth-order valence-electron chi connectivity index (χ4n) is 2.38. The Morgan fingerprint density at radius 3 is 1.91 bits per heavy atom. The predicted molar refractivity (Wildman–Crippen MR) is 80.4 cm³/mol. The zero-order chi connectivity index (χ0) is 17.5. The Labute approximate surface area is 136 Å². The van der Waals surface area contributed by atoms with Crippen LogP contribution in [0.25, 0.3) is 0 Å². The van der Waals surface area contributed by atoms with Crippen LogP contribution in [0.5, 0.6) is 0 Å². The number of alkyl halides is 3. The van der Waals surface area contributed by atoms with E-state index < -0.39 is 34.7 Å². The van der Waals surface area contributed by atoms with Crippen LogP contribution in [-0.4, -0.2) is 31.9 Å². The van der Waals surface area contributed by atoms with Crippen molar-refractivity contribution in [1.29, 1.82) is 0 Å². The van der Waals surface area contributed by atoms with Gasteiger partial charge in [0.1, 0.15) is 0 Å². The molecule has 8 heteroatoms. The fraction of sp³-hybridized carbons (Fsp3) is 0.643. The third-order valence-corrected chi connectivity index (χ3v) is 3.33. The number of hydrogen-bond acceptors (Lipinski definition) is 3. The molecule has 0 unspecified atom stereocenters. The van der Waals surface area contributed by atoms with E-state index in [0.29, 0.717) is 0 Å². The molecule has 1 rings (SSSR count). The van der Waals surface area contributed by atoms with Crippen LogP contribution < -0.4 is 0 Å². The zero-order valence-electron chi connectivity index (χ0n) is 13.3. The van der Waals surface area contributed by atoms with E-state index in [0.717, 1.165) is 6.20 Å². The minimum absolute atomic E-state index is 0.297. The zero-order valence-corrected chi connectivity index (χ0v) is 14.9. The summed E-state index contributed by atoms with van der Waals surface area (Å²) in [6, 6.07) is 0. The molecule has 0 saturated carbocycles. The lowest BCUT2D eigenvalue weighted by Crippen LogP contribution is -2.56. The smallest absolute Gasteiger partial charge is 0.326 e. The third kappa shape index (κ3) is 4.18. The molecule has 1 amide bonds. The average Bonchev–Trinajstić information content (AvgIpc) is 2.23. The van der Waals surface area contributed by atoms with Gasteiger partial charge in [-0.1, -0.05) is 0 Å². The van der Waals surface area contributed by atoms with E-state index in [1.165, 1.54) is 4.90 Å². The first-order valence-corrected chi connectivity index (χ1v) is 7.39. The van der Waals surface area contributed by atoms with Crippen molar-refractivity contribution in [1.82, 2.24) is 14.9 Å². The van der Waals surface area contributed by atoms with Gasteiger partial charge in [0, 0.05) is 17.3 Å². The van der Waals surface area contributed by atoms with E-state index in [4.69, 9.17) is 0 Å². The fourth-order valence-corrected chi connectivity index (χ4v) is 2.80. The summed E-state index contributed by atoms with van der Waals surface area (Å²) in [5, 5.41) is 0. The SMILES string of the molecule is CC(C)(C)N(C(=O)c1ncc(Br)c(C(F)(F)F)n1)C(C)(C)C. The van der Waals surface area contributed by atoms with Crippen LogP contribution >= 0.6 is 15.9 Å². The van der Waals surface area contributed by atoms with Gasteiger partial charge in [0.25, 0.3) is 5.91 Å². The maximum atomic E-state index is 12.9. The first kappa shape index (κ1) is 18.9. The van der Waals surface area contributed by atoms with Gasteiger partial charge in [-0.3, -0.25) is 4.79 Å². The molecule has 22 heavy (non-hydrogen) atoms. The van der Waals surface area contributed by atoms with E-state index in [-0.39, 0.29) is 4.47 Å². The second-order valence-corrected chi connectivity index (χ2v) is 7.72. The normalized spacial score (nSPS) is 13.2. The Hall–Kier alpha value is -1.18. The molecule has 1 heterocycles. The van der Waals surface area contributed by atoms with Gasteiger partial charge in [-0.15, -0.1) is 0 Å². The second-order valence-electron chi connectivity index (χ2n) is 6.87. The van der Waals surface area contributed by atoms with Crippen LogP contribution in [0.15, 0.2) is 10.7 Å². The topological polar surface area (TPSA) is 46.1 Å². The van der Waals surface area contributed by atoms with Gasteiger partial charge in [-0.05, 0) is 57.5 Å². The minimum Gasteiger partial charge on any atom is -0.326 e. The molecule has 124 valence electrons. The molecular formula is C14H19BrF3N3O. The van der Waals surface area contributed by atoms with E-state index in [1.807, 2.05) is 0 Å². The molecular weight excluding hydrogens is 363 g/mol. The van der Waals surface area contributed by atoms with Crippen LogP contribution in [0.3, 0.4) is 0 Å². The van der Waals surface area contributed by atoms with Crippen molar-refractivity contribution >= 4 is 21.8 Å². The van der Waals surface area contributed by atoms with Crippen molar-refractivity contribution in [2.75, 3.05) is 0 Å². The number of carbonyl (C=O) groups is 1. The Balaban J connectivity index is 3.39. The van der Waals surface area contributed by atoms with E-state index in [2.05, 4.69) is 25.9 Å². The van der Waals surface area contributed by atoms with Crippen LogP contribution in [0.4, 0.5) is 13.2 Å². The van der Waals surface area contributed by atoms with Gasteiger partial charge in [0.15, 0.2) is 5.69 Å². The molecule has 0 spiro atoms. The second kappa shape index (κ2) is 5.79. The lowest BCUT2D eigenvalue weighted by atomic mass is 9.95. The largest absolute Gasteiger partial charge is 0.434 e. The van der Waals surface area contributed by atoms with Crippen molar-refractivity contribution in [3.05, 3.63) is 22.2 Å². The van der Waals surface area contributed by atoms with Crippen molar-refractivity contribution in [2.24, 2.45) is 0 Å². The predicted octanol–water partition coefficient (Wildman–Crippen LogP) is 4.30. The number of rotatable bonds is 1. The van der Waals surface area contributed by atoms with Gasteiger partial charge >= 0.3 is 6.18 Å². The number of amides is 1. The highest BCUT2D eigenvalue weighted by Crippen LogP contribution is 2.33. The van der Waals surface area contributed by atoms with Crippen molar-refractivity contribution < 1.29 is 18.0 Å². The van der Waals surface area contributed by atoms with Crippen molar-refractivity contribution in [3.8, 4) is 0 Å². The van der Waals surface area contributed by atoms with Crippen LogP contribution in [0, 0.1) is 0 Å². The molecule has 0 aromatic carbocycles. The summed E-state index contributed by atoms with van der Waals surface area (Å²) in [6.45, 7) is 10.8. The lowest BCUT2D eigenvalue weighted by molar-refractivity contribution is -0.142. The van der Waals surface area contributed by atoms with Crippen LogP contribution in [0.2, 0.25) is 0 Å². The van der Waals surface area contributed by atoms with Crippen molar-refractivity contribution in [3.63, 3.8) is 0 Å². The molecule has 0 radical (unpaired) electrons. The minimum atomic E-state index is -4.66. The maximum Gasteiger partial charge on any atom is 0.434 e. The highest BCUT2D eigenvalue weighted by atomic mass is 79.9. The molecule has 0 aliphatic heterocycles. The number of carbonyl (C=O) groups excluding carboxylic acids is 1. The van der Waals surface area contributed by atoms with Crippen LogP contribution in [0.1, 0.15) is 57.9 Å². The summed E-state index contributed by atoms with van der Waals surface area (Å²) in [6.07, 6.45) is -3.71. The molecule has 0 saturated heterocycles. The van der Waals surface area contributed by atoms with Gasteiger partial charge < -0.3 is 4.90 Å². The number of halogens is 4. The Morgan fingerprint density at radius 2 is 1.55 bits per heavy atom. The van der Waals surface area contributed by atoms with Gasteiger partial charge in [-0.2, -0.15) is 13.2 Å². The molecule has 0 N–H and O–H groups in total. The summed E-state index contributed by atoms with van der Waals surface area (Å²) < 4.78 is 38.5. The standard InChI is InChI=1S/C14H19BrF3N3O/c1-12(2,3)21(13(4,5)6)11(22)10-19-7-8(15)9(20-10)14(16,17)18/h7H,1-6H3. The lowest BCUT2D eigenvalue weighted by Gasteiger charge is -2.45. The van der Waals surface area contributed by atoms with Gasteiger partial charge in [-0.25, -0.2) is 9.97 Å². The highest BCUT2D eigenvalue weighted by molar-refractivity contribution is 9.10. The molecule has 0 bridgehead atoms. The molecule has 0 atom stereocenters. The molecule has 1 aromatic rings. The third-order valence-electron chi connectivity index (χ3n) is 2.75. The Morgan fingerprint density at radius 1 is 1.09 bits per heavy atom. The first-order chi connectivity index (χ1) is 9.65. The first-order valence-electron chi connectivity index (χ1n) is 6.60.